The fraction of sp³-hybridized carbons (Fsp3) is 0.263. The van der Waals surface area contributed by atoms with Crippen molar-refractivity contribution in [1.82, 2.24) is 5.32 Å². The van der Waals surface area contributed by atoms with Gasteiger partial charge in [0.2, 0.25) is 5.91 Å². The predicted molar refractivity (Wildman–Crippen MR) is 97.1 cm³/mol. The van der Waals surface area contributed by atoms with Gasteiger partial charge >= 0.3 is 0 Å². The average molecular weight is 359 g/mol. The van der Waals surface area contributed by atoms with Crippen molar-refractivity contribution < 1.29 is 14.3 Å². The number of hydrogen-bond donors (Lipinski definition) is 1. The number of benzene rings is 2. The fourth-order valence-electron chi connectivity index (χ4n) is 2.73. The van der Waals surface area contributed by atoms with Gasteiger partial charge in [-0.15, -0.1) is 0 Å². The normalized spacial score (nSPS) is 16.2. The maximum Gasteiger partial charge on any atom is 0.268 e. The number of carbonyl (C=O) groups is 2. The van der Waals surface area contributed by atoms with Crippen molar-refractivity contribution in [2.45, 2.75) is 19.4 Å². The van der Waals surface area contributed by atoms with Crippen molar-refractivity contribution in [3.63, 3.8) is 0 Å². The van der Waals surface area contributed by atoms with Crippen LogP contribution in [0.1, 0.15) is 12.5 Å². The molecule has 0 saturated heterocycles. The van der Waals surface area contributed by atoms with Gasteiger partial charge in [0.15, 0.2) is 6.10 Å². The topological polar surface area (TPSA) is 58.6 Å². The highest BCUT2D eigenvalue weighted by atomic mass is 35.5. The molecule has 0 radical (unpaired) electrons. The molecule has 1 atom stereocenters. The monoisotopic (exact) mass is 358 g/mol. The minimum atomic E-state index is -0.634. The Morgan fingerprint density at radius 2 is 2.00 bits per heavy atom. The lowest BCUT2D eigenvalue weighted by Gasteiger charge is -2.32. The number of halogens is 1. The second-order valence-corrected chi connectivity index (χ2v) is 6.32. The molecule has 25 heavy (non-hydrogen) atoms. The Morgan fingerprint density at radius 1 is 1.24 bits per heavy atom. The highest BCUT2D eigenvalue weighted by Gasteiger charge is 2.32. The molecule has 0 spiro atoms. The van der Waals surface area contributed by atoms with Crippen LogP contribution in [0, 0.1) is 0 Å². The number of nitrogens with zero attached hydrogens (tertiary/aromatic N) is 1. The minimum Gasteiger partial charge on any atom is -0.479 e. The van der Waals surface area contributed by atoms with E-state index in [-0.39, 0.29) is 18.4 Å². The van der Waals surface area contributed by atoms with Crippen molar-refractivity contribution in [2.75, 3.05) is 18.0 Å². The van der Waals surface area contributed by atoms with Gasteiger partial charge in [-0.2, -0.15) is 0 Å². The van der Waals surface area contributed by atoms with Crippen LogP contribution in [0.15, 0.2) is 48.5 Å². The van der Waals surface area contributed by atoms with Gasteiger partial charge < -0.3 is 10.1 Å². The zero-order chi connectivity index (χ0) is 17.8. The van der Waals surface area contributed by atoms with Crippen LogP contribution < -0.4 is 15.0 Å². The van der Waals surface area contributed by atoms with E-state index in [1.807, 2.05) is 30.3 Å². The molecule has 1 aliphatic rings. The quantitative estimate of drug-likeness (QED) is 0.894. The molecule has 0 fully saturated rings. The van der Waals surface area contributed by atoms with Gasteiger partial charge in [-0.25, -0.2) is 0 Å². The maximum absolute atomic E-state index is 12.4. The molecule has 2 aromatic carbocycles. The van der Waals surface area contributed by atoms with Gasteiger partial charge in [0.1, 0.15) is 12.3 Å². The standard InChI is InChI=1S/C19H19ClN2O3/c1-13-19(24)22(16-11-15(20)7-8-17(16)25-13)12-18(23)21-10-9-14-5-3-2-4-6-14/h2-8,11,13H,9-10,12H2,1H3,(H,21,23). The van der Waals surface area contributed by atoms with E-state index in [1.54, 1.807) is 25.1 Å². The van der Waals surface area contributed by atoms with E-state index >= 15 is 0 Å². The van der Waals surface area contributed by atoms with Crippen molar-refractivity contribution in [3.05, 3.63) is 59.1 Å². The first-order valence-electron chi connectivity index (χ1n) is 8.13. The second kappa shape index (κ2) is 7.57. The summed E-state index contributed by atoms with van der Waals surface area (Å²) in [6.45, 7) is 2.12. The lowest BCUT2D eigenvalue weighted by molar-refractivity contribution is -0.128. The van der Waals surface area contributed by atoms with E-state index in [2.05, 4.69) is 5.32 Å². The zero-order valence-electron chi connectivity index (χ0n) is 13.9. The summed E-state index contributed by atoms with van der Waals surface area (Å²) in [5.41, 5.74) is 1.67. The molecule has 1 N–H and O–H groups in total. The highest BCUT2D eigenvalue weighted by Crippen LogP contribution is 2.35. The summed E-state index contributed by atoms with van der Waals surface area (Å²) in [4.78, 5) is 26.1. The molecule has 3 rings (SSSR count). The lowest BCUT2D eigenvalue weighted by atomic mass is 10.1. The minimum absolute atomic E-state index is 0.0608. The summed E-state index contributed by atoms with van der Waals surface area (Å²) in [5.74, 6) is 0.0749. The Balaban J connectivity index is 1.64. The molecule has 0 aromatic heterocycles. The molecule has 6 heteroatoms. The molecule has 0 bridgehead atoms. The molecular weight excluding hydrogens is 340 g/mol. The maximum atomic E-state index is 12.4. The number of ether oxygens (including phenoxy) is 1. The van der Waals surface area contributed by atoms with Gasteiger partial charge in [0.25, 0.3) is 5.91 Å². The Bertz CT molecular complexity index is 779. The summed E-state index contributed by atoms with van der Waals surface area (Å²) in [6, 6.07) is 14.9. The lowest BCUT2D eigenvalue weighted by Crippen LogP contribution is -2.49. The molecular formula is C19H19ClN2O3. The van der Waals surface area contributed by atoms with Crippen molar-refractivity contribution in [1.29, 1.82) is 0 Å². The summed E-state index contributed by atoms with van der Waals surface area (Å²) in [6.07, 6.45) is 0.105. The largest absolute Gasteiger partial charge is 0.479 e. The van der Waals surface area contributed by atoms with Gasteiger partial charge in [-0.1, -0.05) is 41.9 Å². The molecule has 0 aliphatic carbocycles. The van der Waals surface area contributed by atoms with Crippen molar-refractivity contribution in [2.24, 2.45) is 0 Å². The number of fused-ring (bicyclic) bond motifs is 1. The molecule has 1 unspecified atom stereocenters. The number of rotatable bonds is 5. The molecule has 2 aromatic rings. The van der Waals surface area contributed by atoms with E-state index < -0.39 is 6.10 Å². The summed E-state index contributed by atoms with van der Waals surface area (Å²) < 4.78 is 5.57. The average Bonchev–Trinajstić information content (AvgIpc) is 2.60. The third-order valence-corrected chi connectivity index (χ3v) is 4.24. The van der Waals surface area contributed by atoms with Crippen LogP contribution in [0.3, 0.4) is 0 Å². The fourth-order valence-corrected chi connectivity index (χ4v) is 2.90. The third kappa shape index (κ3) is 4.12. The third-order valence-electron chi connectivity index (χ3n) is 4.01. The van der Waals surface area contributed by atoms with E-state index in [4.69, 9.17) is 16.3 Å². The SMILES string of the molecule is CC1Oc2ccc(Cl)cc2N(CC(=O)NCCc2ccccc2)C1=O. The summed E-state index contributed by atoms with van der Waals surface area (Å²) in [7, 11) is 0. The van der Waals surface area contributed by atoms with Crippen LogP contribution >= 0.6 is 11.6 Å². The Kier molecular flexibility index (Phi) is 5.24. The van der Waals surface area contributed by atoms with Gasteiger partial charge in [-0.05, 0) is 37.1 Å². The number of carbonyl (C=O) groups excluding carboxylic acids is 2. The van der Waals surface area contributed by atoms with Gasteiger partial charge in [-0.3, -0.25) is 14.5 Å². The van der Waals surface area contributed by atoms with Gasteiger partial charge in [0.05, 0.1) is 5.69 Å². The molecule has 1 aliphatic heterocycles. The summed E-state index contributed by atoms with van der Waals surface area (Å²) in [5, 5.41) is 3.34. The first kappa shape index (κ1) is 17.3. The van der Waals surface area contributed by atoms with Crippen LogP contribution in [0.5, 0.6) is 5.75 Å². The van der Waals surface area contributed by atoms with Crippen LogP contribution in [0.2, 0.25) is 5.02 Å². The molecule has 0 saturated carbocycles. The van der Waals surface area contributed by atoms with Crippen LogP contribution in [-0.4, -0.2) is 31.0 Å². The first-order chi connectivity index (χ1) is 12.0. The first-order valence-corrected chi connectivity index (χ1v) is 8.50. The summed E-state index contributed by atoms with van der Waals surface area (Å²) >= 11 is 6.02. The number of amides is 2. The molecule has 2 amide bonds. The van der Waals surface area contributed by atoms with E-state index in [1.165, 1.54) is 4.90 Å². The smallest absolute Gasteiger partial charge is 0.268 e. The Morgan fingerprint density at radius 3 is 2.76 bits per heavy atom. The van der Waals surface area contributed by atoms with Gasteiger partial charge in [0, 0.05) is 11.6 Å². The van der Waals surface area contributed by atoms with Crippen molar-refractivity contribution in [3.8, 4) is 5.75 Å². The second-order valence-electron chi connectivity index (χ2n) is 5.88. The Labute approximate surface area is 151 Å². The van der Waals surface area contributed by atoms with Crippen LogP contribution in [0.4, 0.5) is 5.69 Å². The molecule has 5 nitrogen and oxygen atoms in total. The van der Waals surface area contributed by atoms with Crippen molar-refractivity contribution >= 4 is 29.1 Å². The zero-order valence-corrected chi connectivity index (χ0v) is 14.6. The number of nitrogens with one attached hydrogen (secondary N) is 1. The van der Waals surface area contributed by atoms with E-state index in [9.17, 15) is 9.59 Å². The van der Waals surface area contributed by atoms with E-state index in [0.29, 0.717) is 23.0 Å². The van der Waals surface area contributed by atoms with E-state index in [0.717, 1.165) is 12.0 Å². The Hall–Kier alpha value is -2.53. The number of hydrogen-bond acceptors (Lipinski definition) is 3. The van der Waals surface area contributed by atoms with Crippen LogP contribution in [0.25, 0.3) is 0 Å². The highest BCUT2D eigenvalue weighted by molar-refractivity contribution is 6.31. The molecule has 130 valence electrons. The predicted octanol–water partition coefficient (Wildman–Crippen LogP) is 2.81. The molecule has 1 heterocycles. The number of anilines is 1. The van der Waals surface area contributed by atoms with Crippen LogP contribution in [-0.2, 0) is 16.0 Å².